The summed E-state index contributed by atoms with van der Waals surface area (Å²) in [6.45, 7) is 5.38. The minimum atomic E-state index is -0.118. The van der Waals surface area contributed by atoms with Crippen LogP contribution in [0, 0.1) is 0 Å². The van der Waals surface area contributed by atoms with E-state index in [1.54, 1.807) is 15.2 Å². The molecule has 1 aromatic carbocycles. The molecule has 2 aliphatic rings. The summed E-state index contributed by atoms with van der Waals surface area (Å²) in [6.07, 6.45) is 0.0246. The molecule has 0 spiro atoms. The van der Waals surface area contributed by atoms with Gasteiger partial charge in [-0.05, 0) is 26.0 Å². The highest BCUT2D eigenvalue weighted by atomic mass is 32.1. The summed E-state index contributed by atoms with van der Waals surface area (Å²) in [5, 5.41) is 2.48. The first-order chi connectivity index (χ1) is 13.0. The zero-order valence-electron chi connectivity index (χ0n) is 15.3. The van der Waals surface area contributed by atoms with Crippen LogP contribution in [0.2, 0.25) is 0 Å². The third-order valence-corrected chi connectivity index (χ3v) is 5.41. The van der Waals surface area contributed by atoms with E-state index in [-0.39, 0.29) is 30.6 Å². The van der Waals surface area contributed by atoms with Crippen molar-refractivity contribution in [3.05, 3.63) is 40.3 Å². The van der Waals surface area contributed by atoms with E-state index in [1.807, 2.05) is 38.1 Å². The maximum Gasteiger partial charge on any atom is 0.273 e. The second-order valence-corrected chi connectivity index (χ2v) is 7.77. The van der Waals surface area contributed by atoms with Gasteiger partial charge in [0.15, 0.2) is 6.61 Å². The van der Waals surface area contributed by atoms with Gasteiger partial charge >= 0.3 is 0 Å². The van der Waals surface area contributed by atoms with E-state index in [0.29, 0.717) is 31.1 Å². The molecule has 2 aromatic rings. The molecule has 0 bridgehead atoms. The van der Waals surface area contributed by atoms with Crippen LogP contribution in [0.4, 0.5) is 5.69 Å². The van der Waals surface area contributed by atoms with E-state index < -0.39 is 0 Å². The molecule has 2 aliphatic heterocycles. The number of anilines is 1. The molecular formula is C19H21N3O4S. The number of para-hydroxylation sites is 2. The number of hydrogen-bond acceptors (Lipinski definition) is 6. The fourth-order valence-corrected chi connectivity index (χ4v) is 4.21. The highest BCUT2D eigenvalue weighted by Gasteiger charge is 2.29. The third-order valence-electron chi connectivity index (χ3n) is 4.58. The molecule has 142 valence electrons. The number of rotatable bonds is 3. The van der Waals surface area contributed by atoms with Crippen molar-refractivity contribution in [3.8, 4) is 5.75 Å². The van der Waals surface area contributed by atoms with Crippen LogP contribution in [0.15, 0.2) is 29.6 Å². The van der Waals surface area contributed by atoms with Crippen LogP contribution in [-0.4, -0.2) is 53.6 Å². The molecule has 27 heavy (non-hydrogen) atoms. The smallest absolute Gasteiger partial charge is 0.273 e. The summed E-state index contributed by atoms with van der Waals surface area (Å²) in [6, 6.07) is 7.43. The normalized spacial score (nSPS) is 22.4. The average Bonchev–Trinajstić information content (AvgIpc) is 3.11. The van der Waals surface area contributed by atoms with Crippen molar-refractivity contribution in [2.45, 2.75) is 32.6 Å². The van der Waals surface area contributed by atoms with Gasteiger partial charge in [-0.25, -0.2) is 4.98 Å². The first kappa shape index (κ1) is 17.9. The highest BCUT2D eigenvalue weighted by Crippen LogP contribution is 2.33. The number of hydrogen-bond donors (Lipinski definition) is 0. The Labute approximate surface area is 161 Å². The molecule has 0 unspecified atom stereocenters. The summed E-state index contributed by atoms with van der Waals surface area (Å²) in [5.41, 5.74) is 1.15. The zero-order valence-corrected chi connectivity index (χ0v) is 16.1. The Hall–Kier alpha value is -2.45. The number of amides is 2. The Bertz CT molecular complexity index is 858. The van der Waals surface area contributed by atoms with Crippen molar-refractivity contribution in [2.75, 3.05) is 24.6 Å². The molecule has 0 radical (unpaired) electrons. The standard InChI is InChI=1S/C19H21N3O4S/c1-12-7-21(8-13(2)26-12)19(24)14-11-27-17(20-14)9-22-15-5-3-4-6-16(15)25-10-18(22)23/h3-6,11-13H,7-10H2,1-2H3/t12-,13-/m1/s1. The van der Waals surface area contributed by atoms with Crippen molar-refractivity contribution in [3.63, 3.8) is 0 Å². The van der Waals surface area contributed by atoms with Crippen LogP contribution in [0.1, 0.15) is 29.3 Å². The number of fused-ring (bicyclic) bond motifs is 1. The van der Waals surface area contributed by atoms with Gasteiger partial charge in [0, 0.05) is 18.5 Å². The fraction of sp³-hybridized carbons (Fsp3) is 0.421. The number of carbonyl (C=O) groups excluding carboxylic acids is 2. The molecule has 1 saturated heterocycles. The van der Waals surface area contributed by atoms with Gasteiger partial charge in [0.25, 0.3) is 11.8 Å². The van der Waals surface area contributed by atoms with Crippen molar-refractivity contribution in [1.29, 1.82) is 0 Å². The maximum atomic E-state index is 12.8. The van der Waals surface area contributed by atoms with Crippen molar-refractivity contribution >= 4 is 28.8 Å². The average molecular weight is 387 g/mol. The van der Waals surface area contributed by atoms with Crippen molar-refractivity contribution in [2.24, 2.45) is 0 Å². The van der Waals surface area contributed by atoms with Gasteiger partial charge in [-0.3, -0.25) is 14.5 Å². The number of ether oxygens (including phenoxy) is 2. The summed E-state index contributed by atoms with van der Waals surface area (Å²) in [4.78, 5) is 33.0. The highest BCUT2D eigenvalue weighted by molar-refractivity contribution is 7.09. The largest absolute Gasteiger partial charge is 0.482 e. The Morgan fingerprint density at radius 3 is 2.78 bits per heavy atom. The molecule has 2 atom stereocenters. The summed E-state index contributed by atoms with van der Waals surface area (Å²) < 4.78 is 11.2. The number of carbonyl (C=O) groups is 2. The Morgan fingerprint density at radius 1 is 1.26 bits per heavy atom. The molecule has 4 rings (SSSR count). The van der Waals surface area contributed by atoms with E-state index in [9.17, 15) is 9.59 Å². The van der Waals surface area contributed by atoms with Gasteiger partial charge in [0.2, 0.25) is 0 Å². The van der Waals surface area contributed by atoms with Crippen LogP contribution < -0.4 is 9.64 Å². The molecule has 0 saturated carbocycles. The van der Waals surface area contributed by atoms with Gasteiger partial charge in [-0.15, -0.1) is 11.3 Å². The molecule has 2 amide bonds. The van der Waals surface area contributed by atoms with E-state index in [4.69, 9.17) is 9.47 Å². The molecule has 1 aromatic heterocycles. The van der Waals surface area contributed by atoms with Crippen LogP contribution in [0.25, 0.3) is 0 Å². The molecule has 0 aliphatic carbocycles. The van der Waals surface area contributed by atoms with Gasteiger partial charge in [-0.2, -0.15) is 0 Å². The van der Waals surface area contributed by atoms with Gasteiger partial charge < -0.3 is 14.4 Å². The molecular weight excluding hydrogens is 366 g/mol. The maximum absolute atomic E-state index is 12.8. The van der Waals surface area contributed by atoms with E-state index in [1.165, 1.54) is 11.3 Å². The van der Waals surface area contributed by atoms with E-state index >= 15 is 0 Å². The SMILES string of the molecule is C[C@@H]1CN(C(=O)c2csc(CN3C(=O)COc4ccccc43)n2)C[C@@H](C)O1. The first-order valence-electron chi connectivity index (χ1n) is 8.92. The lowest BCUT2D eigenvalue weighted by Crippen LogP contribution is -2.48. The molecule has 1 fully saturated rings. The quantitative estimate of drug-likeness (QED) is 0.808. The van der Waals surface area contributed by atoms with Gasteiger partial charge in [0.05, 0.1) is 24.4 Å². The van der Waals surface area contributed by atoms with E-state index in [2.05, 4.69) is 4.98 Å². The lowest BCUT2D eigenvalue weighted by molar-refractivity contribution is -0.121. The number of thiazole rings is 1. The van der Waals surface area contributed by atoms with Crippen LogP contribution in [0.3, 0.4) is 0 Å². The Morgan fingerprint density at radius 2 is 2.00 bits per heavy atom. The first-order valence-corrected chi connectivity index (χ1v) is 9.80. The number of nitrogens with zero attached hydrogens (tertiary/aromatic N) is 3. The summed E-state index contributed by atoms with van der Waals surface area (Å²) in [7, 11) is 0. The number of benzene rings is 1. The van der Waals surface area contributed by atoms with E-state index in [0.717, 1.165) is 10.7 Å². The monoisotopic (exact) mass is 387 g/mol. The topological polar surface area (TPSA) is 72.0 Å². The second kappa shape index (κ2) is 7.28. The summed E-state index contributed by atoms with van der Waals surface area (Å²) >= 11 is 1.39. The summed E-state index contributed by atoms with van der Waals surface area (Å²) in [5.74, 6) is 0.474. The predicted molar refractivity (Wildman–Crippen MR) is 101 cm³/mol. The lowest BCUT2D eigenvalue weighted by atomic mass is 10.2. The molecule has 3 heterocycles. The lowest BCUT2D eigenvalue weighted by Gasteiger charge is -2.34. The number of aromatic nitrogens is 1. The molecule has 7 nitrogen and oxygen atoms in total. The van der Waals surface area contributed by atoms with Crippen molar-refractivity contribution < 1.29 is 19.1 Å². The Balaban J connectivity index is 1.50. The molecule has 8 heteroatoms. The fourth-order valence-electron chi connectivity index (χ4n) is 3.45. The Kier molecular flexibility index (Phi) is 4.84. The van der Waals surface area contributed by atoms with Crippen LogP contribution >= 0.6 is 11.3 Å². The number of morpholine rings is 1. The van der Waals surface area contributed by atoms with Crippen LogP contribution in [0.5, 0.6) is 5.75 Å². The van der Waals surface area contributed by atoms with Crippen molar-refractivity contribution in [1.82, 2.24) is 9.88 Å². The minimum absolute atomic E-state index is 0.0116. The van der Waals surface area contributed by atoms with Gasteiger partial charge in [0.1, 0.15) is 16.5 Å². The predicted octanol–water partition coefficient (Wildman–Crippen LogP) is 2.32. The van der Waals surface area contributed by atoms with Gasteiger partial charge in [-0.1, -0.05) is 12.1 Å². The minimum Gasteiger partial charge on any atom is -0.482 e. The van der Waals surface area contributed by atoms with Crippen LogP contribution in [-0.2, 0) is 16.1 Å². The second-order valence-electron chi connectivity index (χ2n) is 6.83. The third kappa shape index (κ3) is 3.68. The molecule has 0 N–H and O–H groups in total. The zero-order chi connectivity index (χ0) is 19.0.